The Balaban J connectivity index is 3.66. The Bertz CT molecular complexity index is 321. The molecule has 4 nitrogen and oxygen atoms in total. The average molecular weight is 267 g/mol. The number of methoxy groups -OCH3 is 1. The van der Waals surface area contributed by atoms with E-state index in [1.807, 2.05) is 12.2 Å². The van der Waals surface area contributed by atoms with Crippen molar-refractivity contribution in [1.82, 2.24) is 4.90 Å². The summed E-state index contributed by atoms with van der Waals surface area (Å²) in [5.74, 6) is 0.0341. The number of aliphatic carboxylic acids is 1. The topological polar surface area (TPSA) is 49.8 Å². The number of carbonyl (C=O) groups is 1. The van der Waals surface area contributed by atoms with Crippen molar-refractivity contribution < 1.29 is 14.6 Å². The number of hydrogen-bond donors (Lipinski definition) is 1. The van der Waals surface area contributed by atoms with Crippen LogP contribution in [0, 0.1) is 0 Å². The molecule has 0 rings (SSSR count). The number of unbranched alkanes of at least 4 members (excludes halogenated alkanes) is 2. The smallest absolute Gasteiger partial charge is 0.303 e. The van der Waals surface area contributed by atoms with Gasteiger partial charge in [-0.2, -0.15) is 0 Å². The summed E-state index contributed by atoms with van der Waals surface area (Å²) >= 11 is 0. The lowest BCUT2D eigenvalue weighted by molar-refractivity contribution is -0.137. The zero-order chi connectivity index (χ0) is 14.5. The molecular weight excluding hydrogens is 242 g/mol. The number of ether oxygens (including phenoxy) is 1. The van der Waals surface area contributed by atoms with Gasteiger partial charge < -0.3 is 14.7 Å². The van der Waals surface area contributed by atoms with Gasteiger partial charge in [0.05, 0.1) is 7.11 Å². The van der Waals surface area contributed by atoms with Crippen molar-refractivity contribution in [1.29, 1.82) is 0 Å². The summed E-state index contributed by atoms with van der Waals surface area (Å²) in [4.78, 5) is 12.5. The van der Waals surface area contributed by atoms with E-state index in [0.29, 0.717) is 0 Å². The first kappa shape index (κ1) is 17.4. The maximum absolute atomic E-state index is 10.3. The summed E-state index contributed by atoms with van der Waals surface area (Å²) in [6.07, 6.45) is 10.6. The molecule has 0 aliphatic rings. The molecule has 0 saturated carbocycles. The van der Waals surface area contributed by atoms with Crippen LogP contribution in [0.3, 0.4) is 0 Å². The van der Waals surface area contributed by atoms with Gasteiger partial charge in [-0.1, -0.05) is 25.2 Å². The molecule has 0 unspecified atom stereocenters. The van der Waals surface area contributed by atoms with E-state index in [2.05, 4.69) is 24.6 Å². The molecule has 0 aliphatic carbocycles. The van der Waals surface area contributed by atoms with Gasteiger partial charge in [-0.15, -0.1) is 0 Å². The Hall–Kier alpha value is -1.55. The zero-order valence-electron chi connectivity index (χ0n) is 12.0. The minimum atomic E-state index is -0.709. The van der Waals surface area contributed by atoms with Crippen LogP contribution in [0.4, 0.5) is 0 Å². The van der Waals surface area contributed by atoms with Crippen LogP contribution in [0.1, 0.15) is 25.7 Å². The van der Waals surface area contributed by atoms with Crippen molar-refractivity contribution in [2.24, 2.45) is 0 Å². The maximum atomic E-state index is 10.3. The summed E-state index contributed by atoms with van der Waals surface area (Å²) in [5.41, 5.74) is 0. The fourth-order valence-corrected chi connectivity index (χ4v) is 1.55. The lowest BCUT2D eigenvalue weighted by Crippen LogP contribution is -2.19. The van der Waals surface area contributed by atoms with E-state index in [4.69, 9.17) is 9.84 Å². The van der Waals surface area contributed by atoms with Crippen LogP contribution in [0.2, 0.25) is 0 Å². The molecule has 0 radical (unpaired) electrons. The lowest BCUT2D eigenvalue weighted by atomic mass is 10.2. The van der Waals surface area contributed by atoms with E-state index in [0.717, 1.165) is 38.1 Å². The molecule has 0 fully saturated rings. The molecular formula is C15H25NO3. The second-order valence-electron chi connectivity index (χ2n) is 4.37. The second kappa shape index (κ2) is 11.5. The lowest BCUT2D eigenvalue weighted by Gasteiger charge is -2.13. The van der Waals surface area contributed by atoms with Gasteiger partial charge in [0, 0.05) is 13.0 Å². The SMILES string of the molecule is C=C/C(=C\C=C/CN(C)CCCCCC(=O)O)OC. The Kier molecular flexibility index (Phi) is 10.6. The molecule has 108 valence electrons. The Morgan fingerprint density at radius 2 is 2.11 bits per heavy atom. The predicted molar refractivity (Wildman–Crippen MR) is 78.0 cm³/mol. The number of rotatable bonds is 11. The van der Waals surface area contributed by atoms with Crippen molar-refractivity contribution in [3.63, 3.8) is 0 Å². The highest BCUT2D eigenvalue weighted by molar-refractivity contribution is 5.66. The van der Waals surface area contributed by atoms with Crippen LogP contribution < -0.4 is 0 Å². The fraction of sp³-hybridized carbons (Fsp3) is 0.533. The maximum Gasteiger partial charge on any atom is 0.303 e. The Morgan fingerprint density at radius 1 is 1.37 bits per heavy atom. The summed E-state index contributed by atoms with van der Waals surface area (Å²) in [7, 11) is 3.67. The zero-order valence-corrected chi connectivity index (χ0v) is 12.0. The third kappa shape index (κ3) is 11.3. The predicted octanol–water partition coefficient (Wildman–Crippen LogP) is 2.84. The molecule has 0 aromatic heterocycles. The molecule has 0 bridgehead atoms. The summed E-state index contributed by atoms with van der Waals surface area (Å²) in [6.45, 7) is 5.48. The van der Waals surface area contributed by atoms with Gasteiger partial charge in [0.15, 0.2) is 0 Å². The molecule has 4 heteroatoms. The van der Waals surface area contributed by atoms with Crippen molar-refractivity contribution in [3.05, 3.63) is 36.6 Å². The summed E-state index contributed by atoms with van der Waals surface area (Å²) < 4.78 is 5.05. The van der Waals surface area contributed by atoms with Crippen LogP contribution in [0.5, 0.6) is 0 Å². The summed E-state index contributed by atoms with van der Waals surface area (Å²) in [6, 6.07) is 0. The molecule has 0 aromatic rings. The number of carboxylic acid groups (broad SMARTS) is 1. The van der Waals surface area contributed by atoms with Crippen molar-refractivity contribution in [3.8, 4) is 0 Å². The van der Waals surface area contributed by atoms with Crippen LogP contribution in [-0.4, -0.2) is 43.2 Å². The van der Waals surface area contributed by atoms with Crippen LogP contribution in [0.25, 0.3) is 0 Å². The van der Waals surface area contributed by atoms with Gasteiger partial charge in [-0.05, 0) is 38.6 Å². The monoisotopic (exact) mass is 267 g/mol. The number of nitrogens with zero attached hydrogens (tertiary/aromatic N) is 1. The van der Waals surface area contributed by atoms with Gasteiger partial charge in [0.1, 0.15) is 5.76 Å². The van der Waals surface area contributed by atoms with E-state index < -0.39 is 5.97 Å². The molecule has 0 heterocycles. The van der Waals surface area contributed by atoms with Crippen LogP contribution in [-0.2, 0) is 9.53 Å². The normalized spacial score (nSPS) is 12.1. The molecule has 0 aromatic carbocycles. The van der Waals surface area contributed by atoms with Crippen molar-refractivity contribution >= 4 is 5.97 Å². The quantitative estimate of drug-likeness (QED) is 0.355. The fourth-order valence-electron chi connectivity index (χ4n) is 1.55. The molecule has 0 atom stereocenters. The number of hydrogen-bond acceptors (Lipinski definition) is 3. The highest BCUT2D eigenvalue weighted by atomic mass is 16.5. The minimum Gasteiger partial charge on any atom is -0.497 e. The minimum absolute atomic E-state index is 0.274. The average Bonchev–Trinajstić information content (AvgIpc) is 2.38. The number of likely N-dealkylation sites (N-methyl/N-ethyl adjacent to an activating group) is 1. The van der Waals surface area contributed by atoms with Crippen molar-refractivity contribution in [2.75, 3.05) is 27.2 Å². The van der Waals surface area contributed by atoms with Gasteiger partial charge in [0.25, 0.3) is 0 Å². The third-order valence-electron chi connectivity index (χ3n) is 2.68. The van der Waals surface area contributed by atoms with Crippen molar-refractivity contribution in [2.45, 2.75) is 25.7 Å². The van der Waals surface area contributed by atoms with E-state index >= 15 is 0 Å². The standard InChI is InChI=1S/C15H25NO3/c1-4-14(19-3)10-7-9-13-16(2)12-8-5-6-11-15(17)18/h4,7,9-10H,1,5-6,8,11-13H2,2-3H3,(H,17,18)/b9-7-,14-10+. The van der Waals surface area contributed by atoms with Crippen LogP contribution >= 0.6 is 0 Å². The largest absolute Gasteiger partial charge is 0.497 e. The van der Waals surface area contributed by atoms with Gasteiger partial charge in [-0.25, -0.2) is 0 Å². The summed E-state index contributed by atoms with van der Waals surface area (Å²) in [5, 5.41) is 8.51. The van der Waals surface area contributed by atoms with E-state index in [9.17, 15) is 4.79 Å². The van der Waals surface area contributed by atoms with Gasteiger partial charge in [-0.3, -0.25) is 4.79 Å². The molecule has 1 N–H and O–H groups in total. The van der Waals surface area contributed by atoms with E-state index in [1.54, 1.807) is 13.2 Å². The third-order valence-corrected chi connectivity index (χ3v) is 2.68. The Labute approximate surface area is 116 Å². The molecule has 0 saturated heterocycles. The highest BCUT2D eigenvalue weighted by Crippen LogP contribution is 2.01. The highest BCUT2D eigenvalue weighted by Gasteiger charge is 1.98. The molecule has 0 aliphatic heterocycles. The number of allylic oxidation sites excluding steroid dienone is 3. The van der Waals surface area contributed by atoms with E-state index in [1.165, 1.54) is 0 Å². The second-order valence-corrected chi connectivity index (χ2v) is 4.37. The van der Waals surface area contributed by atoms with Gasteiger partial charge >= 0.3 is 5.97 Å². The first-order chi connectivity index (χ1) is 9.10. The van der Waals surface area contributed by atoms with Crippen LogP contribution in [0.15, 0.2) is 36.6 Å². The Morgan fingerprint density at radius 3 is 2.68 bits per heavy atom. The first-order valence-corrected chi connectivity index (χ1v) is 6.53. The molecule has 19 heavy (non-hydrogen) atoms. The first-order valence-electron chi connectivity index (χ1n) is 6.53. The number of carboxylic acids is 1. The van der Waals surface area contributed by atoms with E-state index in [-0.39, 0.29) is 6.42 Å². The molecule has 0 spiro atoms. The van der Waals surface area contributed by atoms with Gasteiger partial charge in [0.2, 0.25) is 0 Å². The molecule has 0 amide bonds.